The minimum atomic E-state index is -0.366. The first-order valence-electron chi connectivity index (χ1n) is 6.10. The van der Waals surface area contributed by atoms with Crippen LogP contribution in [0.1, 0.15) is 35.8 Å². The average molecular weight is 411 g/mol. The number of benzene rings is 1. The summed E-state index contributed by atoms with van der Waals surface area (Å²) in [6.07, 6.45) is 1.53. The van der Waals surface area contributed by atoms with E-state index in [0.717, 1.165) is 4.90 Å². The van der Waals surface area contributed by atoms with E-state index in [1.807, 2.05) is 0 Å². The molecule has 0 fully saturated rings. The maximum absolute atomic E-state index is 12.4. The van der Waals surface area contributed by atoms with Gasteiger partial charge in [-0.15, -0.1) is 0 Å². The molecule has 2 aromatic rings. The van der Waals surface area contributed by atoms with E-state index in [2.05, 4.69) is 41.8 Å². The Morgan fingerprint density at radius 2 is 1.67 bits per heavy atom. The van der Waals surface area contributed by atoms with Crippen LogP contribution in [0.5, 0.6) is 0 Å². The molecule has 0 bridgehead atoms. The Balaban J connectivity index is 2.07. The van der Waals surface area contributed by atoms with Crippen LogP contribution in [0.2, 0.25) is 0 Å². The van der Waals surface area contributed by atoms with Gasteiger partial charge in [0.05, 0.1) is 28.7 Å². The third-order valence-electron chi connectivity index (χ3n) is 3.17. The summed E-state index contributed by atoms with van der Waals surface area (Å²) in [6, 6.07) is 6.74. The summed E-state index contributed by atoms with van der Waals surface area (Å²) in [7, 11) is 0. The Morgan fingerprint density at radius 1 is 1.10 bits per heavy atom. The lowest BCUT2D eigenvalue weighted by atomic mass is 10.1. The van der Waals surface area contributed by atoms with Crippen LogP contribution in [0.3, 0.4) is 0 Å². The van der Waals surface area contributed by atoms with E-state index in [9.17, 15) is 9.59 Å². The van der Waals surface area contributed by atoms with E-state index < -0.39 is 0 Å². The Morgan fingerprint density at radius 3 is 2.14 bits per heavy atom. The summed E-state index contributed by atoms with van der Waals surface area (Å²) in [5, 5.41) is 0. The fraction of sp³-hybridized carbons (Fsp3) is 0.143. The number of halogens is 2. The molecule has 0 radical (unpaired) electrons. The second-order valence-corrected chi connectivity index (χ2v) is 7.56. The minimum absolute atomic E-state index is 0.132. The van der Waals surface area contributed by atoms with Crippen molar-refractivity contribution in [1.82, 2.24) is 9.97 Å². The van der Waals surface area contributed by atoms with Gasteiger partial charge in [-0.05, 0) is 19.1 Å². The van der Waals surface area contributed by atoms with E-state index in [4.69, 9.17) is 0 Å². The summed E-state index contributed by atoms with van der Waals surface area (Å²) < 4.78 is -0.132. The van der Waals surface area contributed by atoms with Gasteiger partial charge in [0.1, 0.15) is 3.74 Å². The Kier molecular flexibility index (Phi) is 3.62. The summed E-state index contributed by atoms with van der Waals surface area (Å²) in [5.41, 5.74) is 1.98. The number of hydrogen-bond acceptors (Lipinski definition) is 4. The van der Waals surface area contributed by atoms with Gasteiger partial charge in [-0.2, -0.15) is 0 Å². The largest absolute Gasteiger partial charge is 0.268 e. The predicted molar refractivity (Wildman–Crippen MR) is 84.9 cm³/mol. The van der Waals surface area contributed by atoms with E-state index in [1.54, 1.807) is 31.2 Å². The number of aryl methyl sites for hydroxylation is 1. The summed E-state index contributed by atoms with van der Waals surface area (Å²) in [4.78, 5) is 34.4. The molecule has 0 unspecified atom stereocenters. The molecule has 1 aromatic heterocycles. The smallest absolute Gasteiger partial charge is 0.267 e. The Bertz CT molecular complexity index is 727. The topological polar surface area (TPSA) is 63.2 Å². The van der Waals surface area contributed by atoms with Crippen LogP contribution in [0, 0.1) is 6.92 Å². The highest BCUT2D eigenvalue weighted by atomic mass is 79.9. The highest BCUT2D eigenvalue weighted by molar-refractivity contribution is 9.24. The molecule has 0 saturated heterocycles. The number of fused-ring (bicyclic) bond motifs is 1. The van der Waals surface area contributed by atoms with Crippen molar-refractivity contribution >= 4 is 49.5 Å². The van der Waals surface area contributed by atoms with Gasteiger partial charge in [-0.3, -0.25) is 14.6 Å². The number of rotatable bonds is 2. The first-order valence-corrected chi connectivity index (χ1v) is 7.93. The Labute approximate surface area is 137 Å². The van der Waals surface area contributed by atoms with E-state index >= 15 is 0 Å². The van der Waals surface area contributed by atoms with E-state index in [-0.39, 0.29) is 21.4 Å². The summed E-state index contributed by atoms with van der Waals surface area (Å²) in [6.45, 7) is 1.72. The molecule has 0 spiro atoms. The van der Waals surface area contributed by atoms with Crippen molar-refractivity contribution in [3.8, 4) is 0 Å². The van der Waals surface area contributed by atoms with E-state index in [0.29, 0.717) is 22.5 Å². The van der Waals surface area contributed by atoms with Crippen molar-refractivity contribution in [3.05, 3.63) is 53.0 Å². The normalized spacial score (nSPS) is 14.0. The van der Waals surface area contributed by atoms with Gasteiger partial charge in [0.2, 0.25) is 0 Å². The molecule has 0 N–H and O–H groups in total. The van der Waals surface area contributed by atoms with Gasteiger partial charge < -0.3 is 0 Å². The monoisotopic (exact) mass is 409 g/mol. The highest BCUT2D eigenvalue weighted by Gasteiger charge is 2.38. The lowest BCUT2D eigenvalue weighted by Crippen LogP contribution is -2.31. The molecule has 7 heteroatoms. The molecular formula is C14H9Br2N3O2. The molecule has 5 nitrogen and oxygen atoms in total. The fourth-order valence-corrected chi connectivity index (χ4v) is 2.64. The molecule has 0 atom stereocenters. The number of anilines is 1. The lowest BCUT2D eigenvalue weighted by Gasteiger charge is -2.15. The molecule has 106 valence electrons. The number of hydrogen-bond donors (Lipinski definition) is 0. The summed E-state index contributed by atoms with van der Waals surface area (Å²) in [5.74, 6) is -0.462. The predicted octanol–water partition coefficient (Wildman–Crippen LogP) is 3.37. The molecule has 0 aliphatic carbocycles. The SMILES string of the molecule is Cc1nc(C(Br)Br)cnc1N1C(=O)c2ccccc2C1=O. The molecule has 1 aromatic carbocycles. The average Bonchev–Trinajstić information content (AvgIpc) is 2.72. The number of amides is 2. The van der Waals surface area contributed by atoms with Gasteiger partial charge in [0, 0.05) is 0 Å². The first kappa shape index (κ1) is 14.3. The van der Waals surface area contributed by atoms with Crippen LogP contribution in [-0.4, -0.2) is 21.8 Å². The third-order valence-corrected chi connectivity index (χ3v) is 4.11. The molecule has 2 heterocycles. The minimum Gasteiger partial charge on any atom is -0.268 e. The van der Waals surface area contributed by atoms with Crippen molar-refractivity contribution in [2.75, 3.05) is 4.90 Å². The molecule has 0 saturated carbocycles. The maximum Gasteiger partial charge on any atom is 0.267 e. The van der Waals surface area contributed by atoms with Crippen LogP contribution in [0.4, 0.5) is 5.82 Å². The molecule has 21 heavy (non-hydrogen) atoms. The Hall–Kier alpha value is -1.60. The van der Waals surface area contributed by atoms with Crippen LogP contribution in [0.15, 0.2) is 30.5 Å². The zero-order chi connectivity index (χ0) is 15.1. The second-order valence-electron chi connectivity index (χ2n) is 4.50. The second kappa shape index (κ2) is 5.31. The number of carbonyl (C=O) groups excluding carboxylic acids is 2. The fourth-order valence-electron chi connectivity index (χ4n) is 2.20. The molecule has 3 rings (SSSR count). The molecule has 2 amide bonds. The van der Waals surface area contributed by atoms with Crippen molar-refractivity contribution in [3.63, 3.8) is 0 Å². The van der Waals surface area contributed by atoms with Crippen molar-refractivity contribution < 1.29 is 9.59 Å². The van der Waals surface area contributed by atoms with E-state index in [1.165, 1.54) is 6.20 Å². The maximum atomic E-state index is 12.4. The van der Waals surface area contributed by atoms with Crippen LogP contribution in [0.25, 0.3) is 0 Å². The number of aromatic nitrogens is 2. The molecule has 1 aliphatic rings. The number of nitrogens with zero attached hydrogens (tertiary/aromatic N) is 3. The quantitative estimate of drug-likeness (QED) is 0.562. The van der Waals surface area contributed by atoms with Gasteiger partial charge in [0.25, 0.3) is 11.8 Å². The third kappa shape index (κ3) is 2.30. The first-order chi connectivity index (χ1) is 10.0. The number of imide groups is 1. The van der Waals surface area contributed by atoms with Crippen molar-refractivity contribution in [2.45, 2.75) is 10.7 Å². The number of alkyl halides is 2. The zero-order valence-corrected chi connectivity index (χ0v) is 14.1. The standard InChI is InChI=1S/C14H9Br2N3O2/c1-7-12(17-6-10(18-7)11(15)16)19-13(20)8-4-2-3-5-9(8)14(19)21/h2-6,11H,1H3. The van der Waals surface area contributed by atoms with Crippen LogP contribution in [-0.2, 0) is 0 Å². The lowest BCUT2D eigenvalue weighted by molar-refractivity contribution is 0.0924. The van der Waals surface area contributed by atoms with Crippen molar-refractivity contribution in [1.29, 1.82) is 0 Å². The van der Waals surface area contributed by atoms with Crippen molar-refractivity contribution in [2.24, 2.45) is 0 Å². The van der Waals surface area contributed by atoms with Gasteiger partial charge in [-0.25, -0.2) is 9.88 Å². The molecular weight excluding hydrogens is 402 g/mol. The van der Waals surface area contributed by atoms with Gasteiger partial charge >= 0.3 is 0 Å². The number of carbonyl (C=O) groups is 2. The summed E-state index contributed by atoms with van der Waals surface area (Å²) >= 11 is 6.68. The van der Waals surface area contributed by atoms with Gasteiger partial charge in [-0.1, -0.05) is 44.0 Å². The zero-order valence-electron chi connectivity index (χ0n) is 10.9. The molecule has 1 aliphatic heterocycles. The van der Waals surface area contributed by atoms with Crippen LogP contribution >= 0.6 is 31.9 Å². The van der Waals surface area contributed by atoms with Crippen LogP contribution < -0.4 is 4.90 Å². The highest BCUT2D eigenvalue weighted by Crippen LogP contribution is 2.31. The van der Waals surface area contributed by atoms with Gasteiger partial charge in [0.15, 0.2) is 5.82 Å².